The normalized spacial score (nSPS) is 20.8. The molecule has 24 heavy (non-hydrogen) atoms. The summed E-state index contributed by atoms with van der Waals surface area (Å²) in [6, 6.07) is 12.8. The number of hydrogen-bond donors (Lipinski definition) is 2. The summed E-state index contributed by atoms with van der Waals surface area (Å²) >= 11 is 0. The predicted octanol–water partition coefficient (Wildman–Crippen LogP) is 2.42. The number of nitrogens with one attached hydrogen (secondary N) is 2. The van der Waals surface area contributed by atoms with Gasteiger partial charge < -0.3 is 14.5 Å². The van der Waals surface area contributed by atoms with Gasteiger partial charge in [0.2, 0.25) is 5.78 Å². The van der Waals surface area contributed by atoms with Crippen LogP contribution in [-0.2, 0) is 7.05 Å². The summed E-state index contributed by atoms with van der Waals surface area (Å²) in [7, 11) is 2.09. The van der Waals surface area contributed by atoms with E-state index < -0.39 is 0 Å². The third-order valence-electron chi connectivity index (χ3n) is 5.38. The van der Waals surface area contributed by atoms with Crippen LogP contribution in [0.25, 0.3) is 10.9 Å². The number of rotatable bonds is 4. The van der Waals surface area contributed by atoms with Crippen molar-refractivity contribution in [3.63, 3.8) is 0 Å². The third kappa shape index (κ3) is 2.47. The Morgan fingerprint density at radius 3 is 2.92 bits per heavy atom. The minimum Gasteiger partial charge on any atom is -0.358 e. The Morgan fingerprint density at radius 2 is 2.12 bits per heavy atom. The van der Waals surface area contributed by atoms with Crippen molar-refractivity contribution in [1.82, 2.24) is 9.55 Å². The highest BCUT2D eigenvalue weighted by molar-refractivity contribution is 6.09. The zero-order valence-electron chi connectivity index (χ0n) is 14.3. The van der Waals surface area contributed by atoms with Crippen molar-refractivity contribution >= 4 is 16.7 Å². The van der Waals surface area contributed by atoms with Crippen molar-refractivity contribution in [3.05, 3.63) is 59.5 Å². The molecule has 1 saturated heterocycles. The van der Waals surface area contributed by atoms with E-state index in [1.807, 2.05) is 31.2 Å². The zero-order chi connectivity index (χ0) is 16.7. The van der Waals surface area contributed by atoms with E-state index in [0.29, 0.717) is 12.6 Å². The average molecular weight is 322 g/mol. The number of H-pyrrole nitrogens is 1. The third-order valence-corrected chi connectivity index (χ3v) is 5.38. The van der Waals surface area contributed by atoms with Crippen LogP contribution in [0.1, 0.15) is 40.6 Å². The molecule has 0 saturated carbocycles. The van der Waals surface area contributed by atoms with Gasteiger partial charge in [-0.05, 0) is 25.1 Å². The Balaban J connectivity index is 1.61. The fourth-order valence-corrected chi connectivity index (χ4v) is 4.25. The number of likely N-dealkylation sites (tertiary alicyclic amines) is 1. The second-order valence-corrected chi connectivity index (χ2v) is 6.92. The van der Waals surface area contributed by atoms with E-state index in [9.17, 15) is 4.79 Å². The molecule has 0 spiro atoms. The number of carbonyl (C=O) groups excluding carboxylic acids is 1. The molecule has 3 aromatic rings. The summed E-state index contributed by atoms with van der Waals surface area (Å²) < 4.78 is 2.19. The van der Waals surface area contributed by atoms with Crippen molar-refractivity contribution in [2.45, 2.75) is 25.8 Å². The molecule has 2 aromatic heterocycles. The Morgan fingerprint density at radius 1 is 1.29 bits per heavy atom. The molecule has 2 N–H and O–H groups in total. The first-order valence-corrected chi connectivity index (χ1v) is 8.71. The van der Waals surface area contributed by atoms with Crippen molar-refractivity contribution < 1.29 is 9.69 Å². The van der Waals surface area contributed by atoms with Gasteiger partial charge in [0.1, 0.15) is 12.6 Å². The molecule has 3 heterocycles. The number of benzene rings is 1. The van der Waals surface area contributed by atoms with E-state index in [0.717, 1.165) is 35.1 Å². The quantitative estimate of drug-likeness (QED) is 0.712. The van der Waals surface area contributed by atoms with Crippen molar-refractivity contribution in [3.8, 4) is 0 Å². The number of ketones is 1. The minimum absolute atomic E-state index is 0.251. The van der Waals surface area contributed by atoms with Crippen LogP contribution < -0.4 is 4.90 Å². The highest BCUT2D eigenvalue weighted by atomic mass is 16.1. The van der Waals surface area contributed by atoms with Crippen molar-refractivity contribution in [2.75, 3.05) is 13.1 Å². The maximum atomic E-state index is 13.0. The standard InChI is InChI=1S/C20H23N3O/c1-14-20(15-7-3-4-8-16(15)21-14)19(24)13-23-12-6-10-18(23)17-9-5-11-22(17)2/h3-5,7-9,11,18,21H,6,10,12-13H2,1-2H3/p+1/t18-/m1/s1. The van der Waals surface area contributed by atoms with Crippen molar-refractivity contribution in [1.29, 1.82) is 0 Å². The number of hydrogen-bond acceptors (Lipinski definition) is 1. The fraction of sp³-hybridized carbons (Fsp3) is 0.350. The highest BCUT2D eigenvalue weighted by Crippen LogP contribution is 2.23. The molecule has 4 nitrogen and oxygen atoms in total. The summed E-state index contributed by atoms with van der Waals surface area (Å²) in [5, 5.41) is 1.05. The number of quaternary nitrogens is 1. The van der Waals surface area contributed by atoms with Gasteiger partial charge in [-0.1, -0.05) is 18.2 Å². The molecular weight excluding hydrogens is 298 g/mol. The molecule has 1 unspecified atom stereocenters. The number of aryl methyl sites for hydroxylation is 2. The average Bonchev–Trinajstić information content (AvgIpc) is 3.24. The number of Topliss-reactive ketones (excluding diaryl/α,β-unsaturated/α-hetero) is 1. The van der Waals surface area contributed by atoms with Crippen LogP contribution in [0.2, 0.25) is 0 Å². The van der Waals surface area contributed by atoms with Gasteiger partial charge in [0.05, 0.1) is 17.8 Å². The zero-order valence-corrected chi connectivity index (χ0v) is 14.3. The van der Waals surface area contributed by atoms with Gasteiger partial charge in [-0.2, -0.15) is 0 Å². The topological polar surface area (TPSA) is 42.2 Å². The molecule has 1 aliphatic heterocycles. The smallest absolute Gasteiger partial charge is 0.219 e. The molecule has 0 aliphatic carbocycles. The lowest BCUT2D eigenvalue weighted by atomic mass is 10.1. The molecule has 124 valence electrons. The summed E-state index contributed by atoms with van der Waals surface area (Å²) in [6.45, 7) is 3.64. The molecule has 1 aliphatic rings. The second-order valence-electron chi connectivity index (χ2n) is 6.92. The monoisotopic (exact) mass is 322 g/mol. The molecular formula is C20H24N3O+. The molecule has 0 amide bonds. The van der Waals surface area contributed by atoms with Crippen LogP contribution in [0.15, 0.2) is 42.6 Å². The lowest BCUT2D eigenvalue weighted by Gasteiger charge is -2.21. The Kier molecular flexibility index (Phi) is 3.77. The van der Waals surface area contributed by atoms with Crippen LogP contribution in [0.5, 0.6) is 0 Å². The van der Waals surface area contributed by atoms with E-state index in [4.69, 9.17) is 0 Å². The summed E-state index contributed by atoms with van der Waals surface area (Å²) in [6.07, 6.45) is 4.44. The van der Waals surface area contributed by atoms with Gasteiger partial charge >= 0.3 is 0 Å². The number of aromatic amines is 1. The van der Waals surface area contributed by atoms with E-state index in [2.05, 4.69) is 34.9 Å². The first-order chi connectivity index (χ1) is 11.6. The number of fused-ring (bicyclic) bond motifs is 1. The van der Waals surface area contributed by atoms with Crippen LogP contribution in [-0.4, -0.2) is 28.4 Å². The van der Waals surface area contributed by atoms with E-state index >= 15 is 0 Å². The Bertz CT molecular complexity index is 889. The van der Waals surface area contributed by atoms with Gasteiger partial charge in [0.25, 0.3) is 0 Å². The van der Waals surface area contributed by atoms with Crippen LogP contribution in [0, 0.1) is 6.92 Å². The summed E-state index contributed by atoms with van der Waals surface area (Å²) in [5.74, 6) is 0.251. The second kappa shape index (κ2) is 5.95. The minimum atomic E-state index is 0.251. The molecule has 1 aromatic carbocycles. The number of aromatic nitrogens is 2. The fourth-order valence-electron chi connectivity index (χ4n) is 4.25. The molecule has 2 atom stereocenters. The first-order valence-electron chi connectivity index (χ1n) is 8.71. The maximum Gasteiger partial charge on any atom is 0.219 e. The highest BCUT2D eigenvalue weighted by Gasteiger charge is 2.33. The maximum absolute atomic E-state index is 13.0. The van der Waals surface area contributed by atoms with Crippen molar-refractivity contribution in [2.24, 2.45) is 7.05 Å². The number of carbonyl (C=O) groups is 1. The van der Waals surface area contributed by atoms with Gasteiger partial charge in [-0.3, -0.25) is 4.79 Å². The van der Waals surface area contributed by atoms with Gasteiger partial charge in [-0.25, -0.2) is 0 Å². The lowest BCUT2D eigenvalue weighted by Crippen LogP contribution is -3.11. The summed E-state index contributed by atoms with van der Waals surface area (Å²) in [5.41, 5.74) is 4.24. The van der Waals surface area contributed by atoms with Gasteiger partial charge in [0, 0.05) is 42.7 Å². The van der Waals surface area contributed by atoms with E-state index in [1.165, 1.54) is 17.0 Å². The van der Waals surface area contributed by atoms with Crippen LogP contribution >= 0.6 is 0 Å². The van der Waals surface area contributed by atoms with E-state index in [-0.39, 0.29) is 5.78 Å². The predicted molar refractivity (Wildman–Crippen MR) is 95.5 cm³/mol. The molecule has 1 fully saturated rings. The van der Waals surface area contributed by atoms with Gasteiger partial charge in [0.15, 0.2) is 0 Å². The number of nitrogens with zero attached hydrogens (tertiary/aromatic N) is 1. The lowest BCUT2D eigenvalue weighted by molar-refractivity contribution is -0.910. The SMILES string of the molecule is Cc1[nH]c2ccccc2c1C(=O)C[NH+]1CCC[C@@H]1c1cccn1C. The Hall–Kier alpha value is -2.33. The molecule has 0 radical (unpaired) electrons. The number of para-hydroxylation sites is 1. The van der Waals surface area contributed by atoms with Gasteiger partial charge in [-0.15, -0.1) is 0 Å². The van der Waals surface area contributed by atoms with Crippen LogP contribution in [0.3, 0.4) is 0 Å². The molecule has 4 heteroatoms. The molecule has 4 rings (SSSR count). The van der Waals surface area contributed by atoms with E-state index in [1.54, 1.807) is 0 Å². The summed E-state index contributed by atoms with van der Waals surface area (Å²) in [4.78, 5) is 17.8. The van der Waals surface area contributed by atoms with Crippen LogP contribution in [0.4, 0.5) is 0 Å². The Labute approximate surface area is 142 Å². The largest absolute Gasteiger partial charge is 0.358 e. The molecule has 0 bridgehead atoms. The first kappa shape index (κ1) is 15.2.